The van der Waals surface area contributed by atoms with E-state index >= 15 is 0 Å². The molecule has 0 aromatic heterocycles. The Morgan fingerprint density at radius 3 is 2.82 bits per heavy atom. The second-order valence-corrected chi connectivity index (χ2v) is 4.89. The van der Waals surface area contributed by atoms with E-state index in [1.54, 1.807) is 18.2 Å². The average molecular weight is 254 g/mol. The van der Waals surface area contributed by atoms with Crippen molar-refractivity contribution in [3.8, 4) is 0 Å². The molecule has 4 heteroatoms. The Kier molecular flexibility index (Phi) is 3.89. The fraction of sp³-hybridized carbons (Fsp3) is 0.462. The number of halogens is 1. The summed E-state index contributed by atoms with van der Waals surface area (Å²) >= 11 is 5.88. The van der Waals surface area contributed by atoms with Crippen molar-refractivity contribution < 1.29 is 9.90 Å². The van der Waals surface area contributed by atoms with Crippen LogP contribution in [0.2, 0.25) is 5.02 Å². The number of benzene rings is 1. The number of carbonyl (C=O) groups is 1. The lowest BCUT2D eigenvalue weighted by molar-refractivity contribution is 0.0698. The summed E-state index contributed by atoms with van der Waals surface area (Å²) in [5, 5.41) is 12.5. The first-order chi connectivity index (χ1) is 8.18. The van der Waals surface area contributed by atoms with Crippen LogP contribution < -0.4 is 5.32 Å². The van der Waals surface area contributed by atoms with Gasteiger partial charge < -0.3 is 10.4 Å². The highest BCUT2D eigenvalue weighted by atomic mass is 35.5. The third kappa shape index (κ3) is 2.91. The molecule has 0 bridgehead atoms. The fourth-order valence-corrected chi connectivity index (χ4v) is 2.34. The lowest BCUT2D eigenvalue weighted by Gasteiger charge is -2.25. The molecule has 2 rings (SSSR count). The van der Waals surface area contributed by atoms with Gasteiger partial charge in [-0.25, -0.2) is 4.79 Å². The van der Waals surface area contributed by atoms with Gasteiger partial charge in [0.05, 0.1) is 10.7 Å². The van der Waals surface area contributed by atoms with Gasteiger partial charge in [0.15, 0.2) is 0 Å². The van der Waals surface area contributed by atoms with Crippen LogP contribution in [-0.2, 0) is 0 Å². The van der Waals surface area contributed by atoms with Crippen LogP contribution in [-0.4, -0.2) is 17.6 Å². The van der Waals surface area contributed by atoms with Gasteiger partial charge in [-0.05, 0) is 24.5 Å². The molecule has 1 fully saturated rings. The molecular weight excluding hydrogens is 238 g/mol. The molecule has 1 aromatic rings. The summed E-state index contributed by atoms with van der Waals surface area (Å²) in [7, 11) is 0. The van der Waals surface area contributed by atoms with E-state index in [0.717, 1.165) is 18.9 Å². The number of nitrogens with one attached hydrogen (secondary N) is 1. The van der Waals surface area contributed by atoms with E-state index in [4.69, 9.17) is 16.7 Å². The second-order valence-electron chi connectivity index (χ2n) is 4.48. The Morgan fingerprint density at radius 1 is 1.47 bits per heavy atom. The van der Waals surface area contributed by atoms with E-state index < -0.39 is 5.97 Å². The Hall–Kier alpha value is -1.22. The molecule has 0 radical (unpaired) electrons. The van der Waals surface area contributed by atoms with E-state index in [1.165, 1.54) is 19.3 Å². The smallest absolute Gasteiger partial charge is 0.339 e. The molecule has 1 aliphatic carbocycles. The highest BCUT2D eigenvalue weighted by molar-refractivity contribution is 6.34. The number of hydrogen-bond donors (Lipinski definition) is 2. The molecule has 0 aliphatic heterocycles. The zero-order chi connectivity index (χ0) is 12.3. The maximum Gasteiger partial charge on any atom is 0.339 e. The van der Waals surface area contributed by atoms with Gasteiger partial charge in [-0.3, -0.25) is 0 Å². The van der Waals surface area contributed by atoms with Crippen LogP contribution in [0.4, 0.5) is 5.69 Å². The summed E-state index contributed by atoms with van der Waals surface area (Å²) in [5.74, 6) is -0.170. The van der Waals surface area contributed by atoms with E-state index in [9.17, 15) is 4.79 Å². The zero-order valence-electron chi connectivity index (χ0n) is 9.58. The summed E-state index contributed by atoms with van der Waals surface area (Å²) < 4.78 is 0. The lowest BCUT2D eigenvalue weighted by Crippen LogP contribution is -2.16. The maximum atomic E-state index is 11.1. The second kappa shape index (κ2) is 5.41. The van der Waals surface area contributed by atoms with Crippen molar-refractivity contribution in [2.45, 2.75) is 25.7 Å². The van der Waals surface area contributed by atoms with Crippen molar-refractivity contribution in [3.63, 3.8) is 0 Å². The maximum absolute atomic E-state index is 11.1. The highest BCUT2D eigenvalue weighted by Gasteiger charge is 2.18. The Labute approximate surface area is 106 Å². The van der Waals surface area contributed by atoms with Gasteiger partial charge >= 0.3 is 5.97 Å². The summed E-state index contributed by atoms with van der Waals surface area (Å²) in [5.41, 5.74) is 0.784. The van der Waals surface area contributed by atoms with Gasteiger partial charge in [0.2, 0.25) is 0 Å². The monoisotopic (exact) mass is 253 g/mol. The molecule has 92 valence electrons. The number of carboxylic acids is 1. The van der Waals surface area contributed by atoms with Gasteiger partial charge in [-0.1, -0.05) is 36.9 Å². The van der Waals surface area contributed by atoms with Gasteiger partial charge in [0, 0.05) is 6.54 Å². The average Bonchev–Trinajstić information content (AvgIpc) is 2.21. The molecule has 0 unspecified atom stereocenters. The standard InChI is InChI=1S/C13H16ClNO2/c14-10-5-2-6-11(12(10)13(16)17)15-8-7-9-3-1-4-9/h2,5-6,9,15H,1,3-4,7-8H2,(H,16,17). The Morgan fingerprint density at radius 2 is 2.24 bits per heavy atom. The van der Waals surface area contributed by atoms with Gasteiger partial charge in [0.25, 0.3) is 0 Å². The third-order valence-corrected chi connectivity index (χ3v) is 3.64. The van der Waals surface area contributed by atoms with Crippen molar-refractivity contribution in [2.75, 3.05) is 11.9 Å². The number of aromatic carboxylic acids is 1. The number of carboxylic acid groups (broad SMARTS) is 1. The summed E-state index contributed by atoms with van der Waals surface area (Å²) in [6.45, 7) is 0.811. The minimum atomic E-state index is -0.984. The minimum Gasteiger partial charge on any atom is -0.478 e. The summed E-state index contributed by atoms with van der Waals surface area (Å²) in [6, 6.07) is 5.12. The van der Waals surface area contributed by atoms with Crippen LogP contribution in [0.25, 0.3) is 0 Å². The van der Waals surface area contributed by atoms with Gasteiger partial charge in [-0.15, -0.1) is 0 Å². The quantitative estimate of drug-likeness (QED) is 0.842. The van der Waals surface area contributed by atoms with Gasteiger partial charge in [-0.2, -0.15) is 0 Å². The predicted octanol–water partition coefficient (Wildman–Crippen LogP) is 3.64. The van der Waals surface area contributed by atoms with E-state index in [0.29, 0.717) is 5.69 Å². The molecule has 0 saturated heterocycles. The molecule has 0 atom stereocenters. The van der Waals surface area contributed by atoms with Crippen molar-refractivity contribution in [2.24, 2.45) is 5.92 Å². The zero-order valence-corrected chi connectivity index (χ0v) is 10.3. The predicted molar refractivity (Wildman–Crippen MR) is 68.9 cm³/mol. The third-order valence-electron chi connectivity index (χ3n) is 3.32. The van der Waals surface area contributed by atoms with Crippen LogP contribution >= 0.6 is 11.6 Å². The molecule has 1 aliphatic rings. The lowest BCUT2D eigenvalue weighted by atomic mass is 9.83. The first kappa shape index (κ1) is 12.2. The van der Waals surface area contributed by atoms with Crippen LogP contribution in [0.15, 0.2) is 18.2 Å². The van der Waals surface area contributed by atoms with Crippen LogP contribution in [0.3, 0.4) is 0 Å². The first-order valence-electron chi connectivity index (χ1n) is 5.94. The van der Waals surface area contributed by atoms with Crippen molar-refractivity contribution in [1.82, 2.24) is 0 Å². The molecule has 0 heterocycles. The van der Waals surface area contributed by atoms with E-state index in [-0.39, 0.29) is 10.6 Å². The Balaban J connectivity index is 1.98. The highest BCUT2D eigenvalue weighted by Crippen LogP contribution is 2.30. The van der Waals surface area contributed by atoms with Crippen LogP contribution in [0, 0.1) is 5.92 Å². The van der Waals surface area contributed by atoms with E-state index in [1.807, 2.05) is 0 Å². The molecule has 1 saturated carbocycles. The minimum absolute atomic E-state index is 0.169. The molecule has 0 amide bonds. The van der Waals surface area contributed by atoms with Crippen LogP contribution in [0.5, 0.6) is 0 Å². The largest absolute Gasteiger partial charge is 0.478 e. The van der Waals surface area contributed by atoms with Crippen LogP contribution in [0.1, 0.15) is 36.0 Å². The fourth-order valence-electron chi connectivity index (χ4n) is 2.08. The molecule has 17 heavy (non-hydrogen) atoms. The normalized spacial score (nSPS) is 15.4. The van der Waals surface area contributed by atoms with Crippen molar-refractivity contribution >= 4 is 23.3 Å². The number of anilines is 1. The summed E-state index contributed by atoms with van der Waals surface area (Å²) in [6.07, 6.45) is 5.06. The Bertz CT molecular complexity index is 416. The SMILES string of the molecule is O=C(O)c1c(Cl)cccc1NCCC1CCC1. The first-order valence-corrected chi connectivity index (χ1v) is 6.32. The molecule has 3 nitrogen and oxygen atoms in total. The topological polar surface area (TPSA) is 49.3 Å². The number of hydrogen-bond acceptors (Lipinski definition) is 2. The molecular formula is C13H16ClNO2. The van der Waals surface area contributed by atoms with Crippen molar-refractivity contribution in [3.05, 3.63) is 28.8 Å². The van der Waals surface area contributed by atoms with Gasteiger partial charge in [0.1, 0.15) is 5.56 Å². The van der Waals surface area contributed by atoms with Crippen molar-refractivity contribution in [1.29, 1.82) is 0 Å². The molecule has 1 aromatic carbocycles. The summed E-state index contributed by atoms with van der Waals surface area (Å²) in [4.78, 5) is 11.1. The molecule has 2 N–H and O–H groups in total. The van der Waals surface area contributed by atoms with E-state index in [2.05, 4.69) is 5.32 Å². The molecule has 0 spiro atoms. The number of rotatable bonds is 5.